The first-order valence-corrected chi connectivity index (χ1v) is 5.53. The van der Waals surface area contributed by atoms with Gasteiger partial charge in [0.2, 0.25) is 5.95 Å². The molecule has 1 aliphatic rings. The summed E-state index contributed by atoms with van der Waals surface area (Å²) in [5.74, 6) is 1.33. The Balaban J connectivity index is 2.14. The first-order valence-electron chi connectivity index (χ1n) is 5.53. The lowest BCUT2D eigenvalue weighted by Gasteiger charge is -2.28. The van der Waals surface area contributed by atoms with Crippen molar-refractivity contribution in [1.82, 2.24) is 19.5 Å². The molecule has 0 amide bonds. The number of fused-ring (bicyclic) bond motifs is 1. The quantitative estimate of drug-likeness (QED) is 0.734. The largest absolute Gasteiger partial charge is 0.378 e. The molecule has 0 saturated carbocycles. The Kier molecular flexibility index (Phi) is 2.32. The van der Waals surface area contributed by atoms with Crippen LogP contribution in [0, 0.1) is 0 Å². The predicted octanol–water partition coefficient (Wildman–Crippen LogP) is -0.218. The van der Waals surface area contributed by atoms with Crippen molar-refractivity contribution in [3.8, 4) is 0 Å². The number of hydrogen-bond acceptors (Lipinski definition) is 6. The maximum Gasteiger partial charge on any atom is 0.202 e. The molecule has 90 valence electrons. The summed E-state index contributed by atoms with van der Waals surface area (Å²) >= 11 is 0. The molecule has 17 heavy (non-hydrogen) atoms. The van der Waals surface area contributed by atoms with Gasteiger partial charge in [0.25, 0.3) is 0 Å². The molecule has 1 aliphatic heterocycles. The van der Waals surface area contributed by atoms with Gasteiger partial charge in [0.05, 0.1) is 13.2 Å². The van der Waals surface area contributed by atoms with Crippen molar-refractivity contribution in [3.05, 3.63) is 6.33 Å². The minimum Gasteiger partial charge on any atom is -0.378 e. The predicted molar refractivity (Wildman–Crippen MR) is 63.7 cm³/mol. The summed E-state index contributed by atoms with van der Waals surface area (Å²) in [5, 5.41) is 0. The average molecular weight is 234 g/mol. The Bertz CT molecular complexity index is 545. The van der Waals surface area contributed by atoms with Crippen LogP contribution >= 0.6 is 0 Å². The Labute approximate surface area is 98.2 Å². The monoisotopic (exact) mass is 234 g/mol. The van der Waals surface area contributed by atoms with E-state index in [9.17, 15) is 0 Å². The van der Waals surface area contributed by atoms with E-state index in [4.69, 9.17) is 10.5 Å². The average Bonchev–Trinajstić information content (AvgIpc) is 2.66. The van der Waals surface area contributed by atoms with Crippen LogP contribution in [0.2, 0.25) is 0 Å². The van der Waals surface area contributed by atoms with Gasteiger partial charge in [-0.15, -0.1) is 0 Å². The highest BCUT2D eigenvalue weighted by Gasteiger charge is 2.19. The Hall–Kier alpha value is -1.89. The molecule has 0 spiro atoms. The lowest BCUT2D eigenvalue weighted by Crippen LogP contribution is -2.37. The Morgan fingerprint density at radius 1 is 1.29 bits per heavy atom. The third kappa shape index (κ3) is 1.59. The van der Waals surface area contributed by atoms with Crippen molar-refractivity contribution in [1.29, 1.82) is 0 Å². The number of aromatic nitrogens is 4. The van der Waals surface area contributed by atoms with E-state index in [0.717, 1.165) is 37.6 Å². The van der Waals surface area contributed by atoms with Crippen LogP contribution < -0.4 is 10.6 Å². The second-order valence-corrected chi connectivity index (χ2v) is 4.00. The molecule has 0 unspecified atom stereocenters. The summed E-state index contributed by atoms with van der Waals surface area (Å²) < 4.78 is 7.16. The number of morpholine rings is 1. The van der Waals surface area contributed by atoms with Crippen LogP contribution in [0.1, 0.15) is 0 Å². The first-order chi connectivity index (χ1) is 8.27. The number of aryl methyl sites for hydroxylation is 1. The maximum absolute atomic E-state index is 5.79. The summed E-state index contributed by atoms with van der Waals surface area (Å²) in [7, 11) is 1.87. The molecule has 2 N–H and O–H groups in total. The van der Waals surface area contributed by atoms with Crippen LogP contribution in [0.4, 0.5) is 11.8 Å². The fraction of sp³-hybridized carbons (Fsp3) is 0.500. The lowest BCUT2D eigenvalue weighted by molar-refractivity contribution is 0.122. The minimum absolute atomic E-state index is 0.454. The zero-order chi connectivity index (χ0) is 11.8. The molecular weight excluding hydrogens is 220 g/mol. The van der Waals surface area contributed by atoms with Crippen LogP contribution in [0.25, 0.3) is 11.2 Å². The normalized spacial score (nSPS) is 16.6. The lowest BCUT2D eigenvalue weighted by atomic mass is 10.3. The molecule has 0 radical (unpaired) electrons. The van der Waals surface area contributed by atoms with Gasteiger partial charge < -0.3 is 19.9 Å². The topological polar surface area (TPSA) is 82.1 Å². The van der Waals surface area contributed by atoms with Crippen molar-refractivity contribution in [2.45, 2.75) is 0 Å². The van der Waals surface area contributed by atoms with Gasteiger partial charge in [-0.05, 0) is 0 Å². The highest BCUT2D eigenvalue weighted by atomic mass is 16.5. The van der Waals surface area contributed by atoms with E-state index in [1.165, 1.54) is 6.33 Å². The van der Waals surface area contributed by atoms with Crippen molar-refractivity contribution in [2.75, 3.05) is 36.9 Å². The van der Waals surface area contributed by atoms with Gasteiger partial charge >= 0.3 is 0 Å². The molecule has 0 atom stereocenters. The van der Waals surface area contributed by atoms with E-state index in [1.54, 1.807) is 0 Å². The number of imidazole rings is 1. The number of hydrogen-bond donors (Lipinski definition) is 1. The molecule has 2 aromatic rings. The van der Waals surface area contributed by atoms with Crippen LogP contribution in [-0.2, 0) is 11.8 Å². The summed E-state index contributed by atoms with van der Waals surface area (Å²) in [5.41, 5.74) is 7.31. The molecule has 2 aromatic heterocycles. The van der Waals surface area contributed by atoms with Gasteiger partial charge in [-0.25, -0.2) is 9.97 Å². The van der Waals surface area contributed by atoms with Crippen molar-refractivity contribution < 1.29 is 4.74 Å². The number of anilines is 2. The van der Waals surface area contributed by atoms with Crippen LogP contribution in [0.15, 0.2) is 6.33 Å². The molecule has 7 nitrogen and oxygen atoms in total. The fourth-order valence-electron chi connectivity index (χ4n) is 2.05. The minimum atomic E-state index is 0.454. The van der Waals surface area contributed by atoms with E-state index in [0.29, 0.717) is 11.6 Å². The zero-order valence-corrected chi connectivity index (χ0v) is 9.63. The molecule has 3 rings (SSSR count). The van der Waals surface area contributed by atoms with Crippen molar-refractivity contribution in [2.24, 2.45) is 7.05 Å². The molecule has 0 aliphatic carbocycles. The van der Waals surface area contributed by atoms with Gasteiger partial charge in [0.15, 0.2) is 11.5 Å². The van der Waals surface area contributed by atoms with Gasteiger partial charge in [0, 0.05) is 20.1 Å². The van der Waals surface area contributed by atoms with Crippen molar-refractivity contribution in [3.63, 3.8) is 0 Å². The second-order valence-electron chi connectivity index (χ2n) is 4.00. The molecular formula is C10H14N6O. The Morgan fingerprint density at radius 3 is 2.82 bits per heavy atom. The summed E-state index contributed by atoms with van der Waals surface area (Å²) in [6.07, 6.45) is 1.53. The van der Waals surface area contributed by atoms with Crippen molar-refractivity contribution >= 4 is 22.9 Å². The van der Waals surface area contributed by atoms with Crippen LogP contribution in [0.5, 0.6) is 0 Å². The number of rotatable bonds is 1. The standard InChI is InChI=1S/C10H14N6O/c1-15-7-8(14-10(15)11)12-6-13-9(7)16-2-4-17-5-3-16/h6H,2-5H2,1H3,(H2,11,12,13,14). The molecule has 0 aromatic carbocycles. The second kappa shape index (κ2) is 3.85. The van der Waals surface area contributed by atoms with Gasteiger partial charge in [0.1, 0.15) is 11.8 Å². The summed E-state index contributed by atoms with van der Waals surface area (Å²) in [6, 6.07) is 0. The van der Waals surface area contributed by atoms with Crippen LogP contribution in [0.3, 0.4) is 0 Å². The smallest absolute Gasteiger partial charge is 0.202 e. The first kappa shape index (κ1) is 10.3. The number of nitrogen functional groups attached to an aromatic ring is 1. The molecule has 7 heteroatoms. The van der Waals surface area contributed by atoms with Gasteiger partial charge in [-0.2, -0.15) is 4.98 Å². The highest BCUT2D eigenvalue weighted by Crippen LogP contribution is 2.24. The highest BCUT2D eigenvalue weighted by molar-refractivity contribution is 5.85. The Morgan fingerprint density at radius 2 is 2.06 bits per heavy atom. The molecule has 3 heterocycles. The van der Waals surface area contributed by atoms with Gasteiger partial charge in [-0.1, -0.05) is 0 Å². The fourth-order valence-corrected chi connectivity index (χ4v) is 2.05. The van der Waals surface area contributed by atoms with Gasteiger partial charge in [-0.3, -0.25) is 0 Å². The van der Waals surface area contributed by atoms with E-state index in [-0.39, 0.29) is 0 Å². The third-order valence-corrected chi connectivity index (χ3v) is 2.99. The molecule has 0 bridgehead atoms. The number of ether oxygens (including phenoxy) is 1. The summed E-state index contributed by atoms with van der Waals surface area (Å²) in [4.78, 5) is 14.9. The van der Waals surface area contributed by atoms with E-state index in [1.807, 2.05) is 11.6 Å². The third-order valence-electron chi connectivity index (χ3n) is 2.99. The van der Waals surface area contributed by atoms with E-state index in [2.05, 4.69) is 19.9 Å². The van der Waals surface area contributed by atoms with E-state index >= 15 is 0 Å². The number of nitrogens with two attached hydrogens (primary N) is 1. The van der Waals surface area contributed by atoms with Crippen LogP contribution in [-0.4, -0.2) is 45.8 Å². The van der Waals surface area contributed by atoms with E-state index < -0.39 is 0 Å². The summed E-state index contributed by atoms with van der Waals surface area (Å²) in [6.45, 7) is 3.10. The molecule has 1 saturated heterocycles. The number of nitrogens with zero attached hydrogens (tertiary/aromatic N) is 5. The molecule has 1 fully saturated rings. The zero-order valence-electron chi connectivity index (χ0n) is 9.63. The maximum atomic E-state index is 5.79. The SMILES string of the molecule is Cn1c(N)nc2ncnc(N3CCOCC3)c21.